The molecule has 0 aromatic rings. The Hall–Kier alpha value is -0.570. The van der Waals surface area contributed by atoms with Crippen molar-refractivity contribution in [3.63, 3.8) is 0 Å². The molecule has 0 fully saturated rings. The minimum Gasteiger partial charge on any atom is -0.383 e. The molecule has 7 heteroatoms. The van der Waals surface area contributed by atoms with E-state index in [-0.39, 0.29) is 36.4 Å². The molecule has 0 radical (unpaired) electrons. The van der Waals surface area contributed by atoms with Crippen molar-refractivity contribution in [2.24, 2.45) is 4.99 Å². The van der Waals surface area contributed by atoms with Crippen LogP contribution in [0, 0.1) is 0 Å². The molecule has 0 saturated carbocycles. The van der Waals surface area contributed by atoms with E-state index in [4.69, 9.17) is 4.74 Å². The number of amides is 1. The van der Waals surface area contributed by atoms with Crippen LogP contribution in [0.3, 0.4) is 0 Å². The average Bonchev–Trinajstić information content (AvgIpc) is 2.53. The highest BCUT2D eigenvalue weighted by Gasteiger charge is 2.02. The third-order valence-electron chi connectivity index (χ3n) is 3.34. The molecule has 0 bridgehead atoms. The molecule has 0 unspecified atom stereocenters. The Morgan fingerprint density at radius 2 is 1.61 bits per heavy atom. The van der Waals surface area contributed by atoms with Gasteiger partial charge >= 0.3 is 0 Å². The molecule has 0 heterocycles. The summed E-state index contributed by atoms with van der Waals surface area (Å²) in [5, 5.41) is 8.98. The number of methoxy groups -OCH3 is 1. The first-order valence-electron chi connectivity index (χ1n) is 8.44. The lowest BCUT2D eigenvalue weighted by Crippen LogP contribution is -2.43. The first-order chi connectivity index (χ1) is 10.7. The summed E-state index contributed by atoms with van der Waals surface area (Å²) in [7, 11) is 3.32. The number of nitrogens with zero attached hydrogens (tertiary/aromatic N) is 1. The van der Waals surface area contributed by atoms with Gasteiger partial charge in [-0.15, -0.1) is 24.0 Å². The molecule has 0 aliphatic rings. The SMILES string of the molecule is CCCCCCCCCNC(=NC)NCC(=O)NCCOC.I. The van der Waals surface area contributed by atoms with Crippen LogP contribution in [0.5, 0.6) is 0 Å². The zero-order valence-electron chi connectivity index (χ0n) is 15.0. The Balaban J connectivity index is 0. The Kier molecular flexibility index (Phi) is 20.9. The number of carbonyl (C=O) groups excluding carboxylic acids is 1. The largest absolute Gasteiger partial charge is 0.383 e. The fourth-order valence-electron chi connectivity index (χ4n) is 2.03. The van der Waals surface area contributed by atoms with Gasteiger partial charge in [-0.2, -0.15) is 0 Å². The number of unbranched alkanes of at least 4 members (excludes halogenated alkanes) is 6. The quantitative estimate of drug-likeness (QED) is 0.177. The number of nitrogens with one attached hydrogen (secondary N) is 3. The first kappa shape index (κ1) is 24.7. The lowest BCUT2D eigenvalue weighted by atomic mass is 10.1. The van der Waals surface area contributed by atoms with E-state index in [0.717, 1.165) is 13.0 Å². The van der Waals surface area contributed by atoms with Gasteiger partial charge < -0.3 is 20.7 Å². The van der Waals surface area contributed by atoms with E-state index in [9.17, 15) is 4.79 Å². The lowest BCUT2D eigenvalue weighted by Gasteiger charge is -2.11. The third kappa shape index (κ3) is 17.6. The summed E-state index contributed by atoms with van der Waals surface area (Å²) < 4.78 is 4.87. The van der Waals surface area contributed by atoms with Gasteiger partial charge in [-0.25, -0.2) is 0 Å². The monoisotopic (exact) mass is 442 g/mol. The van der Waals surface area contributed by atoms with Crippen molar-refractivity contribution in [3.8, 4) is 0 Å². The highest BCUT2D eigenvalue weighted by Crippen LogP contribution is 2.06. The molecule has 0 saturated heterocycles. The topological polar surface area (TPSA) is 74.8 Å². The van der Waals surface area contributed by atoms with E-state index in [1.165, 1.54) is 38.5 Å². The number of hydrogen-bond acceptors (Lipinski definition) is 3. The molecule has 23 heavy (non-hydrogen) atoms. The van der Waals surface area contributed by atoms with Crippen molar-refractivity contribution in [3.05, 3.63) is 0 Å². The number of hydrogen-bond donors (Lipinski definition) is 3. The van der Waals surface area contributed by atoms with Gasteiger partial charge in [-0.1, -0.05) is 45.4 Å². The Morgan fingerprint density at radius 1 is 0.957 bits per heavy atom. The Bertz CT molecular complexity index is 302. The second-order valence-electron chi connectivity index (χ2n) is 5.32. The molecule has 3 N–H and O–H groups in total. The van der Waals surface area contributed by atoms with Crippen LogP contribution >= 0.6 is 24.0 Å². The molecule has 138 valence electrons. The normalized spacial score (nSPS) is 10.8. The van der Waals surface area contributed by atoms with Crippen LogP contribution in [-0.2, 0) is 9.53 Å². The van der Waals surface area contributed by atoms with Gasteiger partial charge in [0.15, 0.2) is 5.96 Å². The van der Waals surface area contributed by atoms with Gasteiger partial charge in [0.25, 0.3) is 0 Å². The van der Waals surface area contributed by atoms with E-state index in [1.54, 1.807) is 14.2 Å². The molecule has 0 rings (SSSR count). The second-order valence-corrected chi connectivity index (χ2v) is 5.32. The molecule has 0 atom stereocenters. The van der Waals surface area contributed by atoms with Crippen LogP contribution in [0.1, 0.15) is 51.9 Å². The number of rotatable bonds is 13. The average molecular weight is 442 g/mol. The summed E-state index contributed by atoms with van der Waals surface area (Å²) in [4.78, 5) is 15.6. The maximum atomic E-state index is 11.5. The standard InChI is InChI=1S/C16H34N4O2.HI/c1-4-5-6-7-8-9-10-11-19-16(17-2)20-14-15(21)18-12-13-22-3;/h4-14H2,1-3H3,(H,18,21)(H2,17,19,20);1H. The van der Waals surface area contributed by atoms with Crippen LogP contribution in [0.4, 0.5) is 0 Å². The van der Waals surface area contributed by atoms with Crippen LogP contribution in [0.15, 0.2) is 4.99 Å². The maximum Gasteiger partial charge on any atom is 0.239 e. The van der Waals surface area contributed by atoms with E-state index >= 15 is 0 Å². The van der Waals surface area contributed by atoms with Gasteiger partial charge in [0.2, 0.25) is 5.91 Å². The number of ether oxygens (including phenoxy) is 1. The summed E-state index contributed by atoms with van der Waals surface area (Å²) in [5.41, 5.74) is 0. The van der Waals surface area contributed by atoms with Gasteiger partial charge in [0.05, 0.1) is 13.2 Å². The number of guanidine groups is 1. The molecule has 0 aliphatic heterocycles. The number of halogens is 1. The van der Waals surface area contributed by atoms with Crippen molar-refractivity contribution >= 4 is 35.8 Å². The van der Waals surface area contributed by atoms with Crippen molar-refractivity contribution in [1.82, 2.24) is 16.0 Å². The molecule has 0 aromatic heterocycles. The lowest BCUT2D eigenvalue weighted by molar-refractivity contribution is -0.120. The molecular weight excluding hydrogens is 407 g/mol. The van der Waals surface area contributed by atoms with Gasteiger partial charge in [0, 0.05) is 27.2 Å². The smallest absolute Gasteiger partial charge is 0.239 e. The van der Waals surface area contributed by atoms with Gasteiger partial charge in [-0.05, 0) is 6.42 Å². The van der Waals surface area contributed by atoms with Crippen molar-refractivity contribution in [1.29, 1.82) is 0 Å². The van der Waals surface area contributed by atoms with Crippen molar-refractivity contribution in [2.75, 3.05) is 40.4 Å². The first-order valence-corrected chi connectivity index (χ1v) is 8.44. The predicted octanol–water partition coefficient (Wildman–Crippen LogP) is 2.28. The summed E-state index contributed by atoms with van der Waals surface area (Å²) in [6.45, 7) is 4.40. The maximum absolute atomic E-state index is 11.5. The van der Waals surface area contributed by atoms with Gasteiger partial charge in [0.1, 0.15) is 0 Å². The summed E-state index contributed by atoms with van der Waals surface area (Å²) in [6, 6.07) is 0. The van der Waals surface area contributed by atoms with Crippen LogP contribution in [-0.4, -0.2) is 52.3 Å². The molecule has 6 nitrogen and oxygen atoms in total. The predicted molar refractivity (Wildman–Crippen MR) is 108 cm³/mol. The molecular formula is C16H35IN4O2. The Labute approximate surface area is 158 Å². The molecule has 0 spiro atoms. The van der Waals surface area contributed by atoms with E-state index in [2.05, 4.69) is 27.9 Å². The molecule has 0 aliphatic carbocycles. The van der Waals surface area contributed by atoms with Crippen LogP contribution in [0.2, 0.25) is 0 Å². The number of aliphatic imine (C=N–C) groups is 1. The summed E-state index contributed by atoms with van der Waals surface area (Å²) in [6.07, 6.45) is 9.01. The van der Waals surface area contributed by atoms with Crippen LogP contribution < -0.4 is 16.0 Å². The summed E-state index contributed by atoms with van der Waals surface area (Å²) >= 11 is 0. The van der Waals surface area contributed by atoms with E-state index < -0.39 is 0 Å². The minimum atomic E-state index is -0.0593. The van der Waals surface area contributed by atoms with Crippen molar-refractivity contribution in [2.45, 2.75) is 51.9 Å². The molecule has 0 aromatic carbocycles. The van der Waals surface area contributed by atoms with E-state index in [0.29, 0.717) is 19.1 Å². The zero-order valence-corrected chi connectivity index (χ0v) is 17.3. The zero-order chi connectivity index (χ0) is 16.5. The highest BCUT2D eigenvalue weighted by atomic mass is 127. The third-order valence-corrected chi connectivity index (χ3v) is 3.34. The van der Waals surface area contributed by atoms with Crippen LogP contribution in [0.25, 0.3) is 0 Å². The highest BCUT2D eigenvalue weighted by molar-refractivity contribution is 14.0. The fourth-order valence-corrected chi connectivity index (χ4v) is 2.03. The fraction of sp³-hybridized carbons (Fsp3) is 0.875. The van der Waals surface area contributed by atoms with Crippen molar-refractivity contribution < 1.29 is 9.53 Å². The Morgan fingerprint density at radius 3 is 2.22 bits per heavy atom. The van der Waals surface area contributed by atoms with E-state index in [1.807, 2.05) is 0 Å². The minimum absolute atomic E-state index is 0. The number of carbonyl (C=O) groups is 1. The van der Waals surface area contributed by atoms with Gasteiger partial charge in [-0.3, -0.25) is 9.79 Å². The molecule has 1 amide bonds. The summed E-state index contributed by atoms with van der Waals surface area (Å²) in [5.74, 6) is 0.615. The second kappa shape index (κ2) is 19.5.